The number of anilines is 2. The maximum absolute atomic E-state index is 13.5. The van der Waals surface area contributed by atoms with Gasteiger partial charge in [0.15, 0.2) is 5.58 Å². The summed E-state index contributed by atoms with van der Waals surface area (Å²) in [4.78, 5) is 17.3. The summed E-state index contributed by atoms with van der Waals surface area (Å²) in [7, 11) is -2.21. The maximum atomic E-state index is 13.5. The number of fused-ring (bicyclic) bond motifs is 2. The average molecular weight is 615 g/mol. The largest absolute Gasteiger partial charge is 0.496 e. The van der Waals surface area contributed by atoms with E-state index >= 15 is 0 Å². The lowest BCUT2D eigenvalue weighted by Crippen LogP contribution is -2.15. The van der Waals surface area contributed by atoms with Crippen molar-refractivity contribution < 1.29 is 31.2 Å². The molecule has 2 aromatic heterocycles. The highest BCUT2D eigenvalue weighted by molar-refractivity contribution is 7.92. The molecular formula is C32H27FN4O6S. The summed E-state index contributed by atoms with van der Waals surface area (Å²) in [6.07, 6.45) is 0.160. The number of methoxy groups -OCH3 is 1. The number of nitrogens with zero attached hydrogens (tertiary/aromatic N) is 1. The molecule has 0 aliphatic rings. The molecule has 0 aliphatic carbocycles. The molecule has 1 amide bonds. The molecule has 2 heterocycles. The molecule has 0 unspecified atom stereocenters. The van der Waals surface area contributed by atoms with Crippen molar-refractivity contribution in [3.63, 3.8) is 0 Å². The molecule has 5 N–H and O–H groups in total. The van der Waals surface area contributed by atoms with Gasteiger partial charge in [0.05, 0.1) is 29.7 Å². The fourth-order valence-corrected chi connectivity index (χ4v) is 5.69. The highest BCUT2D eigenvalue weighted by atomic mass is 32.2. The van der Waals surface area contributed by atoms with Gasteiger partial charge in [-0.25, -0.2) is 17.8 Å². The number of carbonyl (C=O) groups excluding carboxylic acids is 1. The number of carbonyl (C=O) groups is 1. The van der Waals surface area contributed by atoms with Gasteiger partial charge in [-0.1, -0.05) is 18.2 Å². The number of aromatic nitrogens is 1. The number of nitrogen functional groups attached to an aromatic ring is 1. The molecule has 0 bridgehead atoms. The minimum absolute atomic E-state index is 0.140. The van der Waals surface area contributed by atoms with E-state index in [0.29, 0.717) is 50.2 Å². The lowest BCUT2D eigenvalue weighted by Gasteiger charge is -2.14. The number of hydrogen-bond acceptors (Lipinski definition) is 8. The van der Waals surface area contributed by atoms with Gasteiger partial charge in [-0.05, 0) is 60.5 Å². The summed E-state index contributed by atoms with van der Waals surface area (Å²) in [5.41, 5.74) is 16.2. The molecule has 0 radical (unpaired) electrons. The molecule has 0 aliphatic heterocycles. The van der Waals surface area contributed by atoms with E-state index in [2.05, 4.69) is 9.71 Å². The number of furan rings is 1. The smallest absolute Gasteiger partial charge is 0.252 e. The van der Waals surface area contributed by atoms with Crippen LogP contribution in [0.3, 0.4) is 0 Å². The van der Waals surface area contributed by atoms with Crippen molar-refractivity contribution in [2.45, 2.75) is 13.3 Å². The molecule has 0 atom stereocenters. The number of primary amides is 1. The van der Waals surface area contributed by atoms with Crippen LogP contribution in [0, 0.1) is 5.82 Å². The van der Waals surface area contributed by atoms with Crippen LogP contribution in [0.5, 0.6) is 5.75 Å². The van der Waals surface area contributed by atoms with Gasteiger partial charge in [0.2, 0.25) is 15.9 Å². The number of amides is 1. The minimum Gasteiger partial charge on any atom is -0.496 e. The minimum atomic E-state index is -3.73. The third-order valence-corrected chi connectivity index (χ3v) is 8.52. The monoisotopic (exact) mass is 614 g/mol. The molecule has 0 saturated carbocycles. The van der Waals surface area contributed by atoms with Crippen LogP contribution >= 0.6 is 0 Å². The fourth-order valence-electron chi connectivity index (χ4n) is 5.04. The van der Waals surface area contributed by atoms with Crippen LogP contribution in [0.4, 0.5) is 15.8 Å². The first-order chi connectivity index (χ1) is 21.0. The number of sulfonamides is 1. The fraction of sp³-hybridized carbons (Fsp3) is 0.125. The topological polar surface area (TPSA) is 164 Å². The van der Waals surface area contributed by atoms with E-state index in [-0.39, 0.29) is 40.7 Å². The standard InChI is InChI=1S/C32H27FN4O6S/c1-3-44(39,40)37-25-16-27-22(30(31(35)38)29(42-27)12-17-4-7-19(33)8-5-17)15-21(25)18-6-11-26(41-2)23(13-18)32-36-24-10-9-20(34)14-28(24)43-32/h4-11,13-16,37H,3,12,34H2,1-2H3,(H2,35,38). The van der Waals surface area contributed by atoms with Crippen molar-refractivity contribution in [2.75, 3.05) is 23.3 Å². The molecule has 12 heteroatoms. The second-order valence-electron chi connectivity index (χ2n) is 10.1. The molecule has 6 aromatic rings. The summed E-state index contributed by atoms with van der Waals surface area (Å²) in [5, 5.41) is 0.388. The highest BCUT2D eigenvalue weighted by Crippen LogP contribution is 2.41. The first kappa shape index (κ1) is 28.7. The summed E-state index contributed by atoms with van der Waals surface area (Å²) >= 11 is 0. The summed E-state index contributed by atoms with van der Waals surface area (Å²) < 4.78 is 59.3. The molecule has 0 fully saturated rings. The van der Waals surface area contributed by atoms with Gasteiger partial charge >= 0.3 is 0 Å². The van der Waals surface area contributed by atoms with Crippen molar-refractivity contribution in [3.8, 4) is 28.3 Å². The van der Waals surface area contributed by atoms with Gasteiger partial charge in [0.25, 0.3) is 5.91 Å². The van der Waals surface area contributed by atoms with Gasteiger partial charge in [-0.2, -0.15) is 0 Å². The van der Waals surface area contributed by atoms with E-state index in [4.69, 9.17) is 25.0 Å². The van der Waals surface area contributed by atoms with E-state index in [1.54, 1.807) is 54.6 Å². The molecule has 6 rings (SSSR count). The molecule has 44 heavy (non-hydrogen) atoms. The molecule has 4 aromatic carbocycles. The number of nitrogens with one attached hydrogen (secondary N) is 1. The number of nitrogens with two attached hydrogens (primary N) is 2. The van der Waals surface area contributed by atoms with E-state index in [9.17, 15) is 17.6 Å². The third-order valence-electron chi connectivity index (χ3n) is 7.22. The Bertz CT molecular complexity index is 2170. The van der Waals surface area contributed by atoms with Crippen LogP contribution in [0.1, 0.15) is 28.6 Å². The molecule has 10 nitrogen and oxygen atoms in total. The van der Waals surface area contributed by atoms with Crippen molar-refractivity contribution in [2.24, 2.45) is 5.73 Å². The Morgan fingerprint density at radius 3 is 2.45 bits per heavy atom. The second-order valence-corrected chi connectivity index (χ2v) is 12.1. The molecular weight excluding hydrogens is 587 g/mol. The third kappa shape index (κ3) is 5.42. The molecule has 0 spiro atoms. The Kier molecular flexibility index (Phi) is 7.22. The average Bonchev–Trinajstić information content (AvgIpc) is 3.57. The van der Waals surface area contributed by atoms with Gasteiger partial charge in [-0.15, -0.1) is 0 Å². The Hall–Kier alpha value is -5.36. The van der Waals surface area contributed by atoms with Crippen molar-refractivity contribution in [3.05, 3.63) is 95.5 Å². The number of ether oxygens (including phenoxy) is 1. The number of oxazole rings is 1. The summed E-state index contributed by atoms with van der Waals surface area (Å²) in [5.74, 6) is -0.301. The normalized spacial score (nSPS) is 11.7. The van der Waals surface area contributed by atoms with E-state index in [1.165, 1.54) is 32.2 Å². The van der Waals surface area contributed by atoms with E-state index in [0.717, 1.165) is 0 Å². The maximum Gasteiger partial charge on any atom is 0.252 e. The van der Waals surface area contributed by atoms with Crippen LogP contribution < -0.4 is 20.9 Å². The quantitative estimate of drug-likeness (QED) is 0.165. The lowest BCUT2D eigenvalue weighted by atomic mass is 9.97. The first-order valence-corrected chi connectivity index (χ1v) is 15.2. The predicted octanol–water partition coefficient (Wildman–Crippen LogP) is 6.09. The second kappa shape index (κ2) is 11.0. The van der Waals surface area contributed by atoms with Gasteiger partial charge in [0, 0.05) is 35.2 Å². The van der Waals surface area contributed by atoms with Gasteiger partial charge in [0.1, 0.15) is 28.4 Å². The SMILES string of the molecule is CCS(=O)(=O)Nc1cc2oc(Cc3ccc(F)cc3)c(C(N)=O)c2cc1-c1ccc(OC)c(-c2nc3ccc(N)cc3o2)c1. The lowest BCUT2D eigenvalue weighted by molar-refractivity contribution is 0.1000. The van der Waals surface area contributed by atoms with Crippen LogP contribution in [-0.2, 0) is 16.4 Å². The van der Waals surface area contributed by atoms with Crippen molar-refractivity contribution in [1.29, 1.82) is 0 Å². The number of benzene rings is 4. The van der Waals surface area contributed by atoms with Crippen LogP contribution in [0.25, 0.3) is 44.7 Å². The Balaban J connectivity index is 1.55. The zero-order valence-electron chi connectivity index (χ0n) is 23.7. The number of halogens is 1. The molecule has 0 saturated heterocycles. The number of hydrogen-bond donors (Lipinski definition) is 3. The van der Waals surface area contributed by atoms with Crippen LogP contribution in [0.2, 0.25) is 0 Å². The molecule has 224 valence electrons. The zero-order chi connectivity index (χ0) is 31.2. The predicted molar refractivity (Wildman–Crippen MR) is 166 cm³/mol. The van der Waals surface area contributed by atoms with Gasteiger partial charge < -0.3 is 25.0 Å². The Labute approximate surface area is 251 Å². The van der Waals surface area contributed by atoms with Crippen LogP contribution in [-0.4, -0.2) is 32.2 Å². The van der Waals surface area contributed by atoms with Crippen molar-refractivity contribution >= 4 is 49.4 Å². The van der Waals surface area contributed by atoms with Crippen LogP contribution in [0.15, 0.2) is 81.6 Å². The summed E-state index contributed by atoms with van der Waals surface area (Å²) in [6.45, 7) is 1.52. The summed E-state index contributed by atoms with van der Waals surface area (Å²) in [6, 6.07) is 19.3. The Morgan fingerprint density at radius 2 is 1.75 bits per heavy atom. The highest BCUT2D eigenvalue weighted by Gasteiger charge is 2.24. The first-order valence-electron chi connectivity index (χ1n) is 13.5. The van der Waals surface area contributed by atoms with E-state index in [1.807, 2.05) is 0 Å². The Morgan fingerprint density at radius 1 is 0.977 bits per heavy atom. The van der Waals surface area contributed by atoms with E-state index < -0.39 is 21.7 Å². The zero-order valence-corrected chi connectivity index (χ0v) is 24.5. The van der Waals surface area contributed by atoms with Gasteiger partial charge in [-0.3, -0.25) is 9.52 Å². The number of rotatable bonds is 9. The van der Waals surface area contributed by atoms with Crippen molar-refractivity contribution in [1.82, 2.24) is 4.98 Å².